The number of ether oxygens (including phenoxy) is 2. The van der Waals surface area contributed by atoms with Crippen molar-refractivity contribution in [3.8, 4) is 0 Å². The van der Waals surface area contributed by atoms with E-state index in [1.165, 1.54) is 110 Å². The van der Waals surface area contributed by atoms with Crippen LogP contribution in [0.15, 0.2) is 48.6 Å². The van der Waals surface area contributed by atoms with Crippen molar-refractivity contribution in [3.05, 3.63) is 48.6 Å². The third kappa shape index (κ3) is 35.2. The van der Waals surface area contributed by atoms with Gasteiger partial charge in [0, 0.05) is 25.3 Å². The highest BCUT2D eigenvalue weighted by atomic mass is 16.5. The topological polar surface area (TPSA) is 55.8 Å². The summed E-state index contributed by atoms with van der Waals surface area (Å²) in [5.74, 6) is 0.458. The van der Waals surface area contributed by atoms with Gasteiger partial charge in [-0.25, -0.2) is 0 Å². The highest BCUT2D eigenvalue weighted by molar-refractivity contribution is 5.69. The predicted molar refractivity (Wildman–Crippen MR) is 207 cm³/mol. The van der Waals surface area contributed by atoms with Crippen LogP contribution in [0.1, 0.15) is 174 Å². The molecule has 5 heteroatoms. The van der Waals surface area contributed by atoms with E-state index in [0.717, 1.165) is 58.0 Å². The number of unbranched alkanes of at least 4 members (excludes halogenated alkanes) is 16. The molecule has 5 nitrogen and oxygen atoms in total. The molecule has 0 saturated carbocycles. The Kier molecular flexibility index (Phi) is 36.0. The fourth-order valence-corrected chi connectivity index (χ4v) is 5.71. The second-order valence-corrected chi connectivity index (χ2v) is 13.6. The molecule has 0 bridgehead atoms. The lowest BCUT2D eigenvalue weighted by Crippen LogP contribution is -2.18. The van der Waals surface area contributed by atoms with Gasteiger partial charge in [0.2, 0.25) is 0 Å². The van der Waals surface area contributed by atoms with Gasteiger partial charge in [0.05, 0.1) is 13.7 Å². The first-order valence-corrected chi connectivity index (χ1v) is 20.0. The fraction of sp³-hybridized carbons (Fsp3) is 0.767. The molecule has 1 aliphatic rings. The minimum Gasteiger partial charge on any atom is -0.469 e. The molecule has 0 aromatic rings. The van der Waals surface area contributed by atoms with E-state index in [1.54, 1.807) is 0 Å². The lowest BCUT2D eigenvalue weighted by atomic mass is 10.1. The van der Waals surface area contributed by atoms with E-state index >= 15 is 0 Å². The molecule has 0 aliphatic carbocycles. The highest BCUT2D eigenvalue weighted by Gasteiger charge is 2.20. The summed E-state index contributed by atoms with van der Waals surface area (Å²) in [5, 5.41) is 0. The number of allylic oxidation sites excluding steroid dienone is 8. The maximum absolute atomic E-state index is 11.8. The Labute approximate surface area is 298 Å². The van der Waals surface area contributed by atoms with Crippen LogP contribution in [0.5, 0.6) is 0 Å². The molecule has 1 unspecified atom stereocenters. The largest absolute Gasteiger partial charge is 0.469 e. The average molecular weight is 672 g/mol. The molecule has 278 valence electrons. The van der Waals surface area contributed by atoms with Gasteiger partial charge in [0.15, 0.2) is 0 Å². The van der Waals surface area contributed by atoms with Gasteiger partial charge in [0.1, 0.15) is 0 Å². The summed E-state index contributed by atoms with van der Waals surface area (Å²) in [7, 11) is 3.58. The second-order valence-electron chi connectivity index (χ2n) is 13.6. The summed E-state index contributed by atoms with van der Waals surface area (Å²) in [5.41, 5.74) is 0. The molecule has 0 aromatic carbocycles. The van der Waals surface area contributed by atoms with Crippen LogP contribution in [0.25, 0.3) is 0 Å². The summed E-state index contributed by atoms with van der Waals surface area (Å²) in [6.07, 6.45) is 47.3. The van der Waals surface area contributed by atoms with Crippen molar-refractivity contribution in [1.82, 2.24) is 4.90 Å². The number of rotatable bonds is 30. The van der Waals surface area contributed by atoms with Crippen LogP contribution in [0, 0.1) is 5.92 Å². The summed E-state index contributed by atoms with van der Waals surface area (Å²) < 4.78 is 10.0. The number of hydrogen-bond acceptors (Lipinski definition) is 5. The van der Waals surface area contributed by atoms with Gasteiger partial charge >= 0.3 is 11.9 Å². The number of likely N-dealkylation sites (tertiary alicyclic amines) is 1. The SMILES string of the molecule is CCCCC/C=C\C/C=C\CCCCCCCC(=O)OC.CCCCC/C=C\C/C=C\CCCCCCCC(=O)OCC1CCN(C)C1. The van der Waals surface area contributed by atoms with Crippen molar-refractivity contribution >= 4 is 11.9 Å². The highest BCUT2D eigenvalue weighted by Crippen LogP contribution is 2.15. The van der Waals surface area contributed by atoms with Gasteiger partial charge in [-0.05, 0) is 97.1 Å². The van der Waals surface area contributed by atoms with Crippen molar-refractivity contribution in [2.24, 2.45) is 5.92 Å². The van der Waals surface area contributed by atoms with E-state index in [4.69, 9.17) is 4.74 Å². The van der Waals surface area contributed by atoms with Crippen LogP contribution >= 0.6 is 0 Å². The summed E-state index contributed by atoms with van der Waals surface area (Å²) >= 11 is 0. The van der Waals surface area contributed by atoms with E-state index in [1.807, 2.05) is 0 Å². The molecule has 1 atom stereocenters. The molecule has 48 heavy (non-hydrogen) atoms. The first-order valence-electron chi connectivity index (χ1n) is 20.0. The number of methoxy groups -OCH3 is 1. The maximum Gasteiger partial charge on any atom is 0.305 e. The van der Waals surface area contributed by atoms with Crippen LogP contribution in [0.2, 0.25) is 0 Å². The van der Waals surface area contributed by atoms with Gasteiger partial charge in [0.25, 0.3) is 0 Å². The minimum atomic E-state index is -0.0827. The quantitative estimate of drug-likeness (QED) is 0.0432. The van der Waals surface area contributed by atoms with Crippen molar-refractivity contribution in [2.45, 2.75) is 174 Å². The first kappa shape index (κ1) is 45.9. The lowest BCUT2D eigenvalue weighted by Gasteiger charge is -2.11. The molecule has 1 heterocycles. The Balaban J connectivity index is 0.000000952. The molecule has 0 radical (unpaired) electrons. The third-order valence-corrected chi connectivity index (χ3v) is 8.86. The zero-order valence-electron chi connectivity index (χ0n) is 32.1. The average Bonchev–Trinajstić information content (AvgIpc) is 3.52. The summed E-state index contributed by atoms with van der Waals surface area (Å²) in [6, 6.07) is 0. The predicted octanol–water partition coefficient (Wildman–Crippen LogP) is 12.3. The van der Waals surface area contributed by atoms with E-state index in [0.29, 0.717) is 25.4 Å². The Morgan fingerprint density at radius 3 is 1.42 bits per heavy atom. The van der Waals surface area contributed by atoms with Crippen molar-refractivity contribution in [3.63, 3.8) is 0 Å². The zero-order valence-corrected chi connectivity index (χ0v) is 32.1. The summed E-state index contributed by atoms with van der Waals surface area (Å²) in [6.45, 7) is 7.30. The van der Waals surface area contributed by atoms with Gasteiger partial charge in [-0.15, -0.1) is 0 Å². The Bertz CT molecular complexity index is 831. The van der Waals surface area contributed by atoms with Crippen molar-refractivity contribution < 1.29 is 19.1 Å². The second kappa shape index (κ2) is 37.7. The van der Waals surface area contributed by atoms with Gasteiger partial charge < -0.3 is 14.4 Å². The Morgan fingerprint density at radius 2 is 1.00 bits per heavy atom. The normalized spacial score (nSPS) is 15.2. The van der Waals surface area contributed by atoms with Crippen molar-refractivity contribution in [1.29, 1.82) is 0 Å². The Morgan fingerprint density at radius 1 is 0.583 bits per heavy atom. The van der Waals surface area contributed by atoms with Crippen LogP contribution < -0.4 is 0 Å². The molecule has 1 fully saturated rings. The van der Waals surface area contributed by atoms with E-state index in [2.05, 4.69) is 79.1 Å². The van der Waals surface area contributed by atoms with Crippen LogP contribution in [0.3, 0.4) is 0 Å². The molecular weight excluding hydrogens is 594 g/mol. The standard InChI is InChI=1S/C24H43NO2.C19H34O2/c1-3-4-5-6-7-8-9-10-11-12-13-14-15-16-17-18-24(26)27-22-23-19-20-25(2)21-23;1-3-4-5-6-7-8-9-10-11-12-13-14-15-16-17-18-19(20)21-2/h7-8,10-11,23H,3-6,9,12-22H2,1-2H3;7-8,10-11H,3-6,9,12-18H2,1-2H3/b2*8-7-,11-10-. The number of carbonyl (C=O) groups is 2. The zero-order chi connectivity index (χ0) is 35.2. The van der Waals surface area contributed by atoms with Crippen LogP contribution in [0.4, 0.5) is 0 Å². The number of carbonyl (C=O) groups excluding carboxylic acids is 2. The van der Waals surface area contributed by atoms with Crippen molar-refractivity contribution in [2.75, 3.05) is 33.9 Å². The minimum absolute atomic E-state index is 0.00441. The fourth-order valence-electron chi connectivity index (χ4n) is 5.71. The maximum atomic E-state index is 11.8. The number of nitrogens with zero attached hydrogens (tertiary/aromatic N) is 1. The number of hydrogen-bond donors (Lipinski definition) is 0. The molecular formula is C43H77NO4. The van der Waals surface area contributed by atoms with E-state index in [9.17, 15) is 9.59 Å². The first-order chi connectivity index (χ1) is 23.5. The molecule has 1 aliphatic heterocycles. The molecule has 1 rings (SSSR count). The molecule has 0 N–H and O–H groups in total. The van der Waals surface area contributed by atoms with Crippen LogP contribution in [-0.2, 0) is 19.1 Å². The molecule has 0 spiro atoms. The molecule has 1 saturated heterocycles. The third-order valence-electron chi connectivity index (χ3n) is 8.86. The Hall–Kier alpha value is -2.14. The van der Waals surface area contributed by atoms with Gasteiger partial charge in [-0.2, -0.15) is 0 Å². The molecule has 0 amide bonds. The monoisotopic (exact) mass is 672 g/mol. The smallest absolute Gasteiger partial charge is 0.305 e. The van der Waals surface area contributed by atoms with E-state index < -0.39 is 0 Å². The van der Waals surface area contributed by atoms with E-state index in [-0.39, 0.29) is 11.9 Å². The van der Waals surface area contributed by atoms with Gasteiger partial charge in [-0.3, -0.25) is 9.59 Å². The lowest BCUT2D eigenvalue weighted by molar-refractivity contribution is -0.145. The van der Waals surface area contributed by atoms with Crippen LogP contribution in [-0.4, -0.2) is 50.7 Å². The van der Waals surface area contributed by atoms with Gasteiger partial charge in [-0.1, -0.05) is 127 Å². The molecule has 0 aromatic heterocycles. The number of esters is 2. The summed E-state index contributed by atoms with van der Waals surface area (Å²) in [4.78, 5) is 25.0.